The number of allylic oxidation sites excluding steroid dienone is 9. The number of urea groups is 1. The summed E-state index contributed by atoms with van der Waals surface area (Å²) >= 11 is 0. The highest BCUT2D eigenvalue weighted by atomic mass is 16.4. The van der Waals surface area contributed by atoms with Crippen LogP contribution in [0.25, 0.3) is 0 Å². The Bertz CT molecular complexity index is 692. The first kappa shape index (κ1) is 21.5. The van der Waals surface area contributed by atoms with E-state index in [0.29, 0.717) is 5.57 Å². The van der Waals surface area contributed by atoms with Crippen molar-refractivity contribution in [3.8, 4) is 0 Å². The summed E-state index contributed by atoms with van der Waals surface area (Å²) in [5.41, 5.74) is 3.84. The molecule has 0 aliphatic heterocycles. The minimum absolute atomic E-state index is 0.00202. The highest BCUT2D eigenvalue weighted by Crippen LogP contribution is 2.40. The van der Waals surface area contributed by atoms with Gasteiger partial charge in [0.25, 0.3) is 0 Å². The number of aliphatic carboxylic acids is 1. The van der Waals surface area contributed by atoms with E-state index in [2.05, 4.69) is 30.6 Å². The Morgan fingerprint density at radius 3 is 2.46 bits per heavy atom. The Hall–Kier alpha value is -2.56. The molecule has 3 N–H and O–H groups in total. The van der Waals surface area contributed by atoms with E-state index >= 15 is 0 Å². The maximum Gasteiger partial charge on any atom is 0.328 e. The highest BCUT2D eigenvalue weighted by molar-refractivity contribution is 5.81. The van der Waals surface area contributed by atoms with Crippen LogP contribution in [0.4, 0.5) is 4.79 Å². The number of nitrogens with one attached hydrogen (secondary N) is 2. The molecule has 0 atom stereocenters. The first-order valence-electron chi connectivity index (χ1n) is 8.82. The third-order valence-corrected chi connectivity index (χ3v) is 4.36. The number of rotatable bonds is 6. The fourth-order valence-corrected chi connectivity index (χ4v) is 2.91. The van der Waals surface area contributed by atoms with E-state index in [1.807, 2.05) is 25.2 Å². The first-order chi connectivity index (χ1) is 12.2. The second-order valence-electron chi connectivity index (χ2n) is 7.16. The van der Waals surface area contributed by atoms with Gasteiger partial charge in [0.1, 0.15) is 0 Å². The lowest BCUT2D eigenvalue weighted by Gasteiger charge is -2.33. The standard InChI is InChI=1S/C21H30N2O3/c1-15(8-6-9-16(2)14-19(24)25)11-12-17-18(23-20(26)22-5)10-7-13-21(17,3)4/h6,8-9,11-12,14H,7,10,13H2,1-5H3,(H,24,25)(H2,22,23,26)/b9-6+,12-11+,15-8+,16-14+. The van der Waals surface area contributed by atoms with Crippen LogP contribution in [0.2, 0.25) is 0 Å². The molecule has 26 heavy (non-hydrogen) atoms. The number of carbonyl (C=O) groups excluding carboxylic acids is 1. The van der Waals surface area contributed by atoms with Gasteiger partial charge >= 0.3 is 12.0 Å². The summed E-state index contributed by atoms with van der Waals surface area (Å²) in [6.07, 6.45) is 13.8. The third kappa shape index (κ3) is 7.13. The number of carbonyl (C=O) groups is 2. The van der Waals surface area contributed by atoms with Gasteiger partial charge < -0.3 is 15.7 Å². The lowest BCUT2D eigenvalue weighted by Crippen LogP contribution is -2.35. The summed E-state index contributed by atoms with van der Waals surface area (Å²) in [4.78, 5) is 22.3. The van der Waals surface area contributed by atoms with Crippen LogP contribution in [-0.2, 0) is 4.79 Å². The van der Waals surface area contributed by atoms with Crippen molar-refractivity contribution in [1.82, 2.24) is 10.6 Å². The van der Waals surface area contributed by atoms with Crippen LogP contribution < -0.4 is 10.6 Å². The molecular weight excluding hydrogens is 328 g/mol. The molecule has 5 heteroatoms. The summed E-state index contributed by atoms with van der Waals surface area (Å²) < 4.78 is 0. The van der Waals surface area contributed by atoms with Crippen molar-refractivity contribution >= 4 is 12.0 Å². The molecule has 0 aromatic carbocycles. The molecule has 142 valence electrons. The van der Waals surface area contributed by atoms with Crippen molar-refractivity contribution in [3.05, 3.63) is 58.9 Å². The van der Waals surface area contributed by atoms with Crippen LogP contribution in [0, 0.1) is 5.41 Å². The predicted octanol–water partition coefficient (Wildman–Crippen LogP) is 4.47. The van der Waals surface area contributed by atoms with E-state index in [0.717, 1.165) is 36.1 Å². The highest BCUT2D eigenvalue weighted by Gasteiger charge is 2.28. The minimum atomic E-state index is -0.949. The summed E-state index contributed by atoms with van der Waals surface area (Å²) in [6.45, 7) is 8.11. The van der Waals surface area contributed by atoms with Crippen LogP contribution in [0.3, 0.4) is 0 Å². The number of carboxylic acid groups (broad SMARTS) is 1. The third-order valence-electron chi connectivity index (χ3n) is 4.36. The predicted molar refractivity (Wildman–Crippen MR) is 106 cm³/mol. The second-order valence-corrected chi connectivity index (χ2v) is 7.16. The molecule has 0 heterocycles. The SMILES string of the molecule is CNC(=O)NC1=C(/C=C/C(C)=C/C=C/C(C)=C/C(=O)O)C(C)(C)CCC1. The van der Waals surface area contributed by atoms with E-state index in [9.17, 15) is 9.59 Å². The molecule has 5 nitrogen and oxygen atoms in total. The average Bonchev–Trinajstić information content (AvgIpc) is 2.52. The van der Waals surface area contributed by atoms with E-state index < -0.39 is 5.97 Å². The Morgan fingerprint density at radius 1 is 1.15 bits per heavy atom. The fourth-order valence-electron chi connectivity index (χ4n) is 2.91. The van der Waals surface area contributed by atoms with Gasteiger partial charge in [-0.15, -0.1) is 0 Å². The van der Waals surface area contributed by atoms with Crippen LogP contribution in [0.5, 0.6) is 0 Å². The number of hydrogen-bond donors (Lipinski definition) is 3. The number of hydrogen-bond acceptors (Lipinski definition) is 2. The monoisotopic (exact) mass is 358 g/mol. The Labute approximate surface area is 156 Å². The van der Waals surface area contributed by atoms with Crippen LogP contribution in [0.15, 0.2) is 58.9 Å². The summed E-state index contributed by atoms with van der Waals surface area (Å²) in [6, 6.07) is -0.195. The van der Waals surface area contributed by atoms with Gasteiger partial charge in [0, 0.05) is 18.8 Å². The van der Waals surface area contributed by atoms with Crippen LogP contribution in [-0.4, -0.2) is 24.2 Å². The zero-order valence-corrected chi connectivity index (χ0v) is 16.3. The molecule has 0 radical (unpaired) electrons. The van der Waals surface area contributed by atoms with Gasteiger partial charge in [0.15, 0.2) is 0 Å². The van der Waals surface area contributed by atoms with E-state index in [1.165, 1.54) is 6.08 Å². The fraction of sp³-hybridized carbons (Fsp3) is 0.429. The molecule has 1 aliphatic rings. The lowest BCUT2D eigenvalue weighted by molar-refractivity contribution is -0.131. The molecule has 0 saturated heterocycles. The molecular formula is C21H30N2O3. The van der Waals surface area contributed by atoms with Gasteiger partial charge in [-0.1, -0.05) is 49.8 Å². The van der Waals surface area contributed by atoms with Crippen molar-refractivity contribution in [2.24, 2.45) is 5.41 Å². The van der Waals surface area contributed by atoms with Crippen molar-refractivity contribution in [1.29, 1.82) is 0 Å². The molecule has 1 aliphatic carbocycles. The molecule has 1 rings (SSSR count). The zero-order valence-electron chi connectivity index (χ0n) is 16.3. The first-order valence-corrected chi connectivity index (χ1v) is 8.82. The normalized spacial score (nSPS) is 18.5. The van der Waals surface area contributed by atoms with Crippen molar-refractivity contribution in [3.63, 3.8) is 0 Å². The minimum Gasteiger partial charge on any atom is -0.478 e. The summed E-state index contributed by atoms with van der Waals surface area (Å²) in [7, 11) is 1.61. The van der Waals surface area contributed by atoms with Crippen LogP contribution >= 0.6 is 0 Å². The largest absolute Gasteiger partial charge is 0.478 e. The molecule has 0 bridgehead atoms. The van der Waals surface area contributed by atoms with Gasteiger partial charge in [-0.25, -0.2) is 9.59 Å². The molecule has 0 aromatic rings. The molecule has 0 spiro atoms. The van der Waals surface area contributed by atoms with Gasteiger partial charge in [-0.05, 0) is 49.7 Å². The van der Waals surface area contributed by atoms with Gasteiger partial charge in [0.05, 0.1) is 0 Å². The quantitative estimate of drug-likeness (QED) is 0.484. The Morgan fingerprint density at radius 2 is 1.85 bits per heavy atom. The molecule has 0 unspecified atom stereocenters. The van der Waals surface area contributed by atoms with Crippen LogP contribution in [0.1, 0.15) is 47.0 Å². The Balaban J connectivity index is 2.99. The second kappa shape index (κ2) is 9.80. The maximum atomic E-state index is 11.7. The van der Waals surface area contributed by atoms with Crippen molar-refractivity contribution < 1.29 is 14.7 Å². The van der Waals surface area contributed by atoms with Crippen molar-refractivity contribution in [2.75, 3.05) is 7.05 Å². The zero-order chi connectivity index (χ0) is 19.7. The van der Waals surface area contributed by atoms with Gasteiger partial charge in [0.2, 0.25) is 0 Å². The Kier molecular flexibility index (Phi) is 8.10. The van der Waals surface area contributed by atoms with Crippen molar-refractivity contribution in [2.45, 2.75) is 47.0 Å². The van der Waals surface area contributed by atoms with E-state index in [1.54, 1.807) is 20.0 Å². The molecule has 0 aromatic heterocycles. The van der Waals surface area contributed by atoms with Gasteiger partial charge in [-0.3, -0.25) is 0 Å². The molecule has 2 amide bonds. The maximum absolute atomic E-state index is 11.7. The molecule has 0 fully saturated rings. The van der Waals surface area contributed by atoms with E-state index in [-0.39, 0.29) is 11.4 Å². The lowest BCUT2D eigenvalue weighted by atomic mass is 9.74. The average molecular weight is 358 g/mol. The van der Waals surface area contributed by atoms with E-state index in [4.69, 9.17) is 5.11 Å². The summed E-state index contributed by atoms with van der Waals surface area (Å²) in [5.74, 6) is -0.949. The summed E-state index contributed by atoms with van der Waals surface area (Å²) in [5, 5.41) is 14.3. The van der Waals surface area contributed by atoms with Gasteiger partial charge in [-0.2, -0.15) is 0 Å². The number of amides is 2. The smallest absolute Gasteiger partial charge is 0.328 e. The number of carboxylic acids is 1. The molecule has 0 saturated carbocycles. The topological polar surface area (TPSA) is 78.4 Å².